The molecule has 2 amide bonds. The molecule has 8 heteroatoms. The van der Waals surface area contributed by atoms with E-state index in [4.69, 9.17) is 17.0 Å². The Morgan fingerprint density at radius 2 is 1.63 bits per heavy atom. The SMILES string of the molecule is CC(=O)N(C)c1ccc(/C=C2/OC(=S)N(c3ccc(C(=O)c4ccccc4C=O)cc3)C2=O)cc1. The normalized spacial score (nSPS) is 14.1. The number of thiocarbonyl (C=S) groups is 1. The van der Waals surface area contributed by atoms with Gasteiger partial charge in [0.15, 0.2) is 17.8 Å². The average Bonchev–Trinajstić information content (AvgIpc) is 3.15. The van der Waals surface area contributed by atoms with Gasteiger partial charge in [0.25, 0.3) is 5.17 Å². The highest BCUT2D eigenvalue weighted by atomic mass is 32.1. The molecule has 0 atom stereocenters. The first kappa shape index (κ1) is 23.7. The summed E-state index contributed by atoms with van der Waals surface area (Å²) in [5, 5.41) is -0.0282. The highest BCUT2D eigenvalue weighted by Gasteiger charge is 2.34. The molecular formula is C27H20N2O5S. The number of nitrogens with zero attached hydrogens (tertiary/aromatic N) is 2. The van der Waals surface area contributed by atoms with Gasteiger partial charge >= 0.3 is 5.91 Å². The number of aldehydes is 1. The molecule has 0 spiro atoms. The molecule has 0 saturated carbocycles. The third-order valence-corrected chi connectivity index (χ3v) is 5.83. The van der Waals surface area contributed by atoms with Gasteiger partial charge in [-0.1, -0.05) is 36.4 Å². The van der Waals surface area contributed by atoms with E-state index >= 15 is 0 Å². The Labute approximate surface area is 207 Å². The van der Waals surface area contributed by atoms with Crippen molar-refractivity contribution in [2.45, 2.75) is 6.92 Å². The topological polar surface area (TPSA) is 84.0 Å². The first-order chi connectivity index (χ1) is 16.8. The Morgan fingerprint density at radius 3 is 2.26 bits per heavy atom. The summed E-state index contributed by atoms with van der Waals surface area (Å²) < 4.78 is 5.54. The monoisotopic (exact) mass is 484 g/mol. The highest BCUT2D eigenvalue weighted by Crippen LogP contribution is 2.28. The van der Waals surface area contributed by atoms with Crippen molar-refractivity contribution in [1.29, 1.82) is 0 Å². The van der Waals surface area contributed by atoms with Crippen LogP contribution in [0, 0.1) is 0 Å². The number of hydrogen-bond acceptors (Lipinski definition) is 6. The van der Waals surface area contributed by atoms with Gasteiger partial charge < -0.3 is 9.64 Å². The first-order valence-corrected chi connectivity index (χ1v) is 11.0. The molecule has 0 unspecified atom stereocenters. The summed E-state index contributed by atoms with van der Waals surface area (Å²) in [4.78, 5) is 51.3. The van der Waals surface area contributed by atoms with Crippen LogP contribution in [0.1, 0.15) is 38.8 Å². The third-order valence-electron chi connectivity index (χ3n) is 5.56. The summed E-state index contributed by atoms with van der Waals surface area (Å²) in [6, 6.07) is 19.9. The molecule has 0 N–H and O–H groups in total. The molecule has 174 valence electrons. The van der Waals surface area contributed by atoms with Crippen molar-refractivity contribution >= 4 is 58.7 Å². The van der Waals surface area contributed by atoms with Gasteiger partial charge in [-0.3, -0.25) is 19.2 Å². The molecule has 1 fully saturated rings. The second kappa shape index (κ2) is 9.82. The number of ketones is 1. The zero-order chi connectivity index (χ0) is 25.1. The standard InChI is InChI=1S/C27H20N2O5S/c1-17(31)28(2)21-11-7-18(8-12-21)15-24-26(33)29(27(35)34-24)22-13-9-19(10-14-22)25(32)23-6-4-3-5-20(23)16-30/h3-16H,1-2H3/b24-15+. The van der Waals surface area contributed by atoms with Gasteiger partial charge in [0.05, 0.1) is 5.69 Å². The van der Waals surface area contributed by atoms with Gasteiger partial charge in [0.1, 0.15) is 0 Å². The van der Waals surface area contributed by atoms with Gasteiger partial charge in [-0.15, -0.1) is 0 Å². The maximum absolute atomic E-state index is 13.0. The molecule has 1 saturated heterocycles. The number of carbonyl (C=O) groups is 4. The fourth-order valence-corrected chi connectivity index (χ4v) is 3.82. The van der Waals surface area contributed by atoms with Crippen LogP contribution < -0.4 is 9.80 Å². The minimum absolute atomic E-state index is 0.0282. The number of amides is 2. The van der Waals surface area contributed by atoms with Crippen LogP contribution in [0.4, 0.5) is 11.4 Å². The van der Waals surface area contributed by atoms with Crippen LogP contribution in [0.25, 0.3) is 6.08 Å². The molecule has 0 bridgehead atoms. The Balaban J connectivity index is 1.54. The van der Waals surface area contributed by atoms with Crippen LogP contribution in [0.15, 0.2) is 78.6 Å². The van der Waals surface area contributed by atoms with E-state index in [1.54, 1.807) is 85.9 Å². The lowest BCUT2D eigenvalue weighted by Gasteiger charge is -2.14. The fraction of sp³-hybridized carbons (Fsp3) is 0.0741. The number of carbonyl (C=O) groups excluding carboxylic acids is 4. The van der Waals surface area contributed by atoms with E-state index in [9.17, 15) is 19.2 Å². The van der Waals surface area contributed by atoms with Gasteiger partial charge in [-0.2, -0.15) is 0 Å². The summed E-state index contributed by atoms with van der Waals surface area (Å²) >= 11 is 5.26. The van der Waals surface area contributed by atoms with E-state index in [2.05, 4.69) is 0 Å². The summed E-state index contributed by atoms with van der Waals surface area (Å²) in [7, 11) is 1.68. The van der Waals surface area contributed by atoms with E-state index < -0.39 is 5.91 Å². The van der Waals surface area contributed by atoms with E-state index in [1.807, 2.05) is 0 Å². The summed E-state index contributed by atoms with van der Waals surface area (Å²) in [5.74, 6) is -0.773. The van der Waals surface area contributed by atoms with Crippen molar-refractivity contribution in [1.82, 2.24) is 0 Å². The number of anilines is 2. The molecule has 1 aliphatic rings. The molecule has 7 nitrogen and oxygen atoms in total. The van der Waals surface area contributed by atoms with Gasteiger partial charge in [-0.05, 0) is 60.3 Å². The highest BCUT2D eigenvalue weighted by molar-refractivity contribution is 7.80. The van der Waals surface area contributed by atoms with Crippen molar-refractivity contribution in [2.24, 2.45) is 0 Å². The smallest absolute Gasteiger partial charge is 0.301 e. The fourth-order valence-electron chi connectivity index (χ4n) is 3.54. The van der Waals surface area contributed by atoms with Crippen molar-refractivity contribution in [3.05, 3.63) is 101 Å². The van der Waals surface area contributed by atoms with Crippen molar-refractivity contribution in [2.75, 3.05) is 16.8 Å². The quantitative estimate of drug-likeness (QED) is 0.223. The van der Waals surface area contributed by atoms with Gasteiger partial charge in [-0.25, -0.2) is 4.90 Å². The average molecular weight is 485 g/mol. The predicted octanol–water partition coefficient (Wildman–Crippen LogP) is 4.40. The molecule has 0 radical (unpaired) electrons. The Morgan fingerprint density at radius 1 is 0.971 bits per heavy atom. The number of hydrogen-bond donors (Lipinski definition) is 0. The van der Waals surface area contributed by atoms with Crippen LogP contribution in [0.5, 0.6) is 0 Å². The molecule has 1 heterocycles. The van der Waals surface area contributed by atoms with Gasteiger partial charge in [0.2, 0.25) is 5.91 Å². The molecular weight excluding hydrogens is 464 g/mol. The molecule has 35 heavy (non-hydrogen) atoms. The van der Waals surface area contributed by atoms with Crippen LogP contribution in [0.2, 0.25) is 0 Å². The van der Waals surface area contributed by atoms with Crippen molar-refractivity contribution in [3.63, 3.8) is 0 Å². The van der Waals surface area contributed by atoms with E-state index in [0.717, 1.165) is 5.69 Å². The van der Waals surface area contributed by atoms with E-state index in [-0.39, 0.29) is 22.6 Å². The van der Waals surface area contributed by atoms with E-state index in [0.29, 0.717) is 34.2 Å². The number of rotatable bonds is 6. The van der Waals surface area contributed by atoms with Crippen molar-refractivity contribution in [3.8, 4) is 0 Å². The molecule has 3 aromatic carbocycles. The minimum atomic E-state index is -0.440. The van der Waals surface area contributed by atoms with Crippen LogP contribution in [-0.4, -0.2) is 36.1 Å². The van der Waals surface area contributed by atoms with Crippen LogP contribution >= 0.6 is 12.2 Å². The molecule has 3 aromatic rings. The maximum atomic E-state index is 13.0. The largest absolute Gasteiger partial charge is 0.425 e. The number of benzene rings is 3. The first-order valence-electron chi connectivity index (χ1n) is 10.6. The lowest BCUT2D eigenvalue weighted by molar-refractivity contribution is -0.116. The van der Waals surface area contributed by atoms with E-state index in [1.165, 1.54) is 16.7 Å². The summed E-state index contributed by atoms with van der Waals surface area (Å²) in [5.41, 5.74) is 2.85. The Kier molecular flexibility index (Phi) is 6.66. The second-order valence-electron chi connectivity index (χ2n) is 7.77. The lowest BCUT2D eigenvalue weighted by atomic mass is 9.99. The lowest BCUT2D eigenvalue weighted by Crippen LogP contribution is -2.28. The molecule has 4 rings (SSSR count). The Bertz CT molecular complexity index is 1380. The van der Waals surface area contributed by atoms with Gasteiger partial charge in [0, 0.05) is 36.3 Å². The number of ether oxygens (including phenoxy) is 1. The van der Waals surface area contributed by atoms with Crippen LogP contribution in [-0.2, 0) is 14.3 Å². The van der Waals surface area contributed by atoms with Crippen molar-refractivity contribution < 1.29 is 23.9 Å². The summed E-state index contributed by atoms with van der Waals surface area (Å²) in [6.45, 7) is 1.48. The minimum Gasteiger partial charge on any atom is -0.425 e. The zero-order valence-corrected chi connectivity index (χ0v) is 19.7. The summed E-state index contributed by atoms with van der Waals surface area (Å²) in [6.07, 6.45) is 2.21. The predicted molar refractivity (Wildman–Crippen MR) is 136 cm³/mol. The maximum Gasteiger partial charge on any atom is 0.301 e. The molecule has 0 aliphatic carbocycles. The zero-order valence-electron chi connectivity index (χ0n) is 18.9. The molecule has 0 aromatic heterocycles. The molecule has 1 aliphatic heterocycles. The second-order valence-corrected chi connectivity index (χ2v) is 8.12. The van der Waals surface area contributed by atoms with Crippen LogP contribution in [0.3, 0.4) is 0 Å². The third kappa shape index (κ3) is 4.78. The Hall–Kier alpha value is -4.43.